The molecule has 1 N–H and O–H groups in total. The molecule has 0 amide bonds. The van der Waals surface area contributed by atoms with Crippen LogP contribution >= 0.6 is 0 Å². The third kappa shape index (κ3) is 4.67. The van der Waals surface area contributed by atoms with Crippen LogP contribution in [0, 0.1) is 6.92 Å². The van der Waals surface area contributed by atoms with Crippen molar-refractivity contribution in [2.24, 2.45) is 0 Å². The molecule has 4 rings (SSSR count). The van der Waals surface area contributed by atoms with Crippen LogP contribution in [0.25, 0.3) is 28.2 Å². The standard InChI is InChI=1S/C26H24N2O3/c1-18-6-9-20(10-7-18)25-17-24(21-5-3-4-19(16-21)8-15-26(29)30)27-28(25)22-11-13-23(31-2)14-12-22/h3-7,9-14,16-17H,8,15H2,1-2H3,(H,29,30). The second-order valence-corrected chi connectivity index (χ2v) is 7.48. The molecule has 0 aliphatic rings. The van der Waals surface area contributed by atoms with E-state index >= 15 is 0 Å². The number of aliphatic carboxylic acids is 1. The highest BCUT2D eigenvalue weighted by Crippen LogP contribution is 2.30. The number of carboxylic acids is 1. The van der Waals surface area contributed by atoms with Gasteiger partial charge in [0.15, 0.2) is 0 Å². The average molecular weight is 412 g/mol. The fourth-order valence-electron chi connectivity index (χ4n) is 3.51. The number of carboxylic acid groups (broad SMARTS) is 1. The SMILES string of the molecule is COc1ccc(-n2nc(-c3cccc(CCC(=O)O)c3)cc2-c2ccc(C)cc2)cc1. The van der Waals surface area contributed by atoms with Crippen molar-refractivity contribution in [2.75, 3.05) is 7.11 Å². The summed E-state index contributed by atoms with van der Waals surface area (Å²) >= 11 is 0. The monoisotopic (exact) mass is 412 g/mol. The van der Waals surface area contributed by atoms with Crippen LogP contribution in [0.4, 0.5) is 0 Å². The van der Waals surface area contributed by atoms with Crippen LogP contribution < -0.4 is 4.74 Å². The van der Waals surface area contributed by atoms with Gasteiger partial charge in [0.25, 0.3) is 0 Å². The van der Waals surface area contributed by atoms with Crippen molar-refractivity contribution >= 4 is 5.97 Å². The van der Waals surface area contributed by atoms with Crippen LogP contribution in [0.1, 0.15) is 17.5 Å². The van der Waals surface area contributed by atoms with E-state index in [1.165, 1.54) is 5.56 Å². The number of aromatic nitrogens is 2. The van der Waals surface area contributed by atoms with E-state index in [9.17, 15) is 4.79 Å². The zero-order chi connectivity index (χ0) is 21.8. The number of nitrogens with zero attached hydrogens (tertiary/aromatic N) is 2. The van der Waals surface area contributed by atoms with Crippen LogP contribution in [0.5, 0.6) is 5.75 Å². The van der Waals surface area contributed by atoms with Crippen LogP contribution in [0.15, 0.2) is 78.9 Å². The Morgan fingerprint density at radius 2 is 1.71 bits per heavy atom. The molecule has 5 heteroatoms. The molecule has 0 bridgehead atoms. The van der Waals surface area contributed by atoms with Crippen molar-refractivity contribution in [1.82, 2.24) is 9.78 Å². The van der Waals surface area contributed by atoms with Gasteiger partial charge in [0, 0.05) is 17.5 Å². The minimum Gasteiger partial charge on any atom is -0.497 e. The summed E-state index contributed by atoms with van der Waals surface area (Å²) in [4.78, 5) is 10.9. The van der Waals surface area contributed by atoms with E-state index in [1.807, 2.05) is 53.2 Å². The summed E-state index contributed by atoms with van der Waals surface area (Å²) in [6.07, 6.45) is 0.603. The summed E-state index contributed by atoms with van der Waals surface area (Å²) in [6.45, 7) is 2.07. The number of carbonyl (C=O) groups is 1. The van der Waals surface area contributed by atoms with Crippen molar-refractivity contribution in [3.63, 3.8) is 0 Å². The molecule has 4 aromatic rings. The van der Waals surface area contributed by atoms with E-state index in [2.05, 4.69) is 37.3 Å². The molecule has 0 spiro atoms. The normalized spacial score (nSPS) is 10.8. The number of rotatable bonds is 7. The molecule has 31 heavy (non-hydrogen) atoms. The van der Waals surface area contributed by atoms with Crippen molar-refractivity contribution in [2.45, 2.75) is 19.8 Å². The van der Waals surface area contributed by atoms with E-state index in [4.69, 9.17) is 14.9 Å². The molecule has 0 radical (unpaired) electrons. The summed E-state index contributed by atoms with van der Waals surface area (Å²) in [6, 6.07) is 26.2. The summed E-state index contributed by atoms with van der Waals surface area (Å²) < 4.78 is 7.22. The zero-order valence-corrected chi connectivity index (χ0v) is 17.6. The predicted octanol–water partition coefficient (Wildman–Crippen LogP) is 5.54. The van der Waals surface area contributed by atoms with E-state index in [1.54, 1.807) is 7.11 Å². The molecule has 0 aliphatic heterocycles. The number of ether oxygens (including phenoxy) is 1. The fraction of sp³-hybridized carbons (Fsp3) is 0.154. The maximum absolute atomic E-state index is 10.9. The van der Waals surface area contributed by atoms with Gasteiger partial charge >= 0.3 is 5.97 Å². The Bertz CT molecular complexity index is 1190. The highest BCUT2D eigenvalue weighted by molar-refractivity contribution is 5.71. The lowest BCUT2D eigenvalue weighted by Crippen LogP contribution is -1.99. The third-order valence-electron chi connectivity index (χ3n) is 5.22. The Kier molecular flexibility index (Phi) is 5.85. The second kappa shape index (κ2) is 8.88. The molecule has 0 unspecified atom stereocenters. The summed E-state index contributed by atoms with van der Waals surface area (Å²) in [5, 5.41) is 13.9. The van der Waals surface area contributed by atoms with Crippen LogP contribution in [0.3, 0.4) is 0 Å². The molecule has 0 aliphatic carbocycles. The molecule has 0 saturated carbocycles. The Hall–Kier alpha value is -3.86. The molecule has 0 fully saturated rings. The van der Waals surface area contributed by atoms with Crippen LogP contribution in [-0.4, -0.2) is 28.0 Å². The highest BCUT2D eigenvalue weighted by atomic mass is 16.5. The minimum absolute atomic E-state index is 0.109. The number of benzene rings is 3. The average Bonchev–Trinajstić information content (AvgIpc) is 3.24. The largest absolute Gasteiger partial charge is 0.497 e. The van der Waals surface area contributed by atoms with E-state index < -0.39 is 5.97 Å². The van der Waals surface area contributed by atoms with E-state index in [0.717, 1.165) is 39.5 Å². The smallest absolute Gasteiger partial charge is 0.303 e. The quantitative estimate of drug-likeness (QED) is 0.433. The van der Waals surface area contributed by atoms with Crippen molar-refractivity contribution in [3.05, 3.63) is 90.0 Å². The van der Waals surface area contributed by atoms with Gasteiger partial charge in [-0.1, -0.05) is 48.0 Å². The molecule has 0 saturated heterocycles. The number of aryl methyl sites for hydroxylation is 2. The number of methoxy groups -OCH3 is 1. The summed E-state index contributed by atoms with van der Waals surface area (Å²) in [5.74, 6) is -0.00464. The lowest BCUT2D eigenvalue weighted by molar-refractivity contribution is -0.136. The first-order valence-electron chi connectivity index (χ1n) is 10.2. The molecule has 1 heterocycles. The summed E-state index contributed by atoms with van der Waals surface area (Å²) in [7, 11) is 1.65. The van der Waals surface area contributed by atoms with Gasteiger partial charge in [0.05, 0.1) is 24.2 Å². The first kappa shape index (κ1) is 20.4. The molecule has 0 atom stereocenters. The Labute approximate surface area is 181 Å². The molecule has 1 aromatic heterocycles. The van der Waals surface area contributed by atoms with Crippen LogP contribution in [-0.2, 0) is 11.2 Å². The topological polar surface area (TPSA) is 64.4 Å². The van der Waals surface area contributed by atoms with Gasteiger partial charge in [0.2, 0.25) is 0 Å². The first-order chi connectivity index (χ1) is 15.0. The lowest BCUT2D eigenvalue weighted by Gasteiger charge is -2.09. The highest BCUT2D eigenvalue weighted by Gasteiger charge is 2.14. The van der Waals surface area contributed by atoms with Crippen molar-refractivity contribution in [3.8, 4) is 34.0 Å². The Balaban J connectivity index is 1.78. The maximum Gasteiger partial charge on any atom is 0.303 e. The first-order valence-corrected chi connectivity index (χ1v) is 10.2. The Morgan fingerprint density at radius 1 is 0.968 bits per heavy atom. The number of hydrogen-bond acceptors (Lipinski definition) is 3. The molecule has 156 valence electrons. The maximum atomic E-state index is 10.9. The van der Waals surface area contributed by atoms with Crippen molar-refractivity contribution < 1.29 is 14.6 Å². The van der Waals surface area contributed by atoms with Gasteiger partial charge < -0.3 is 9.84 Å². The molecular formula is C26H24N2O3. The van der Waals surface area contributed by atoms with Gasteiger partial charge in [-0.2, -0.15) is 5.10 Å². The molecule has 5 nitrogen and oxygen atoms in total. The third-order valence-corrected chi connectivity index (χ3v) is 5.22. The van der Waals surface area contributed by atoms with Gasteiger partial charge in [-0.25, -0.2) is 4.68 Å². The van der Waals surface area contributed by atoms with Gasteiger partial charge in [0.1, 0.15) is 5.75 Å². The van der Waals surface area contributed by atoms with Gasteiger partial charge in [-0.05, 0) is 55.3 Å². The zero-order valence-electron chi connectivity index (χ0n) is 17.6. The molecule has 3 aromatic carbocycles. The van der Waals surface area contributed by atoms with Crippen molar-refractivity contribution in [1.29, 1.82) is 0 Å². The fourth-order valence-corrected chi connectivity index (χ4v) is 3.51. The van der Waals surface area contributed by atoms with Crippen LogP contribution in [0.2, 0.25) is 0 Å². The predicted molar refractivity (Wildman–Crippen MR) is 122 cm³/mol. The molecular weight excluding hydrogens is 388 g/mol. The Morgan fingerprint density at radius 3 is 2.39 bits per heavy atom. The minimum atomic E-state index is -0.796. The van der Waals surface area contributed by atoms with Gasteiger partial charge in [-0.3, -0.25) is 4.79 Å². The lowest BCUT2D eigenvalue weighted by atomic mass is 10.0. The second-order valence-electron chi connectivity index (χ2n) is 7.48. The van der Waals surface area contributed by atoms with Gasteiger partial charge in [-0.15, -0.1) is 0 Å². The summed E-state index contributed by atoms with van der Waals surface area (Å²) in [5.41, 5.74) is 6.97. The number of hydrogen-bond donors (Lipinski definition) is 1. The van der Waals surface area contributed by atoms with E-state index in [-0.39, 0.29) is 6.42 Å². The van der Waals surface area contributed by atoms with E-state index in [0.29, 0.717) is 6.42 Å².